The van der Waals surface area contributed by atoms with E-state index in [1.165, 1.54) is 0 Å². The first-order valence-corrected chi connectivity index (χ1v) is 3.94. The summed E-state index contributed by atoms with van der Waals surface area (Å²) in [4.78, 5) is 0. The summed E-state index contributed by atoms with van der Waals surface area (Å²) >= 11 is 0. The van der Waals surface area contributed by atoms with E-state index in [9.17, 15) is 0 Å². The lowest BCUT2D eigenvalue weighted by molar-refractivity contribution is 0.460. The monoisotopic (exact) mass is 127 g/mol. The van der Waals surface area contributed by atoms with Crippen LogP contribution in [-0.2, 0) is 0 Å². The summed E-state index contributed by atoms with van der Waals surface area (Å²) in [5, 5.41) is 0. The molecular weight excluding hydrogens is 119 g/mol. The highest BCUT2D eigenvalue weighted by Gasteiger charge is 1.85. The Hall–Kier alpha value is -0.260. The quantitative estimate of drug-likeness (QED) is 0.589. The molecule has 1 radical (unpaired) electrons. The molecule has 1 nitrogen and oxygen atoms in total. The van der Waals surface area contributed by atoms with Crippen LogP contribution >= 0.6 is 7.76 Å². The molecule has 0 saturated heterocycles. The molecule has 8 heavy (non-hydrogen) atoms. The van der Waals surface area contributed by atoms with Crippen molar-refractivity contribution in [3.8, 4) is 0 Å². The lowest BCUT2D eigenvalue weighted by Crippen LogP contribution is -1.83. The summed E-state index contributed by atoms with van der Waals surface area (Å²) in [6.45, 7) is 2.78. The fourth-order valence-corrected chi connectivity index (χ4v) is 1.50. The van der Waals surface area contributed by atoms with Crippen LogP contribution < -0.4 is 4.52 Å². The van der Waals surface area contributed by atoms with Crippen molar-refractivity contribution in [2.45, 2.75) is 6.92 Å². The Labute approximate surface area is 50.4 Å². The zero-order chi connectivity index (χ0) is 5.82. The van der Waals surface area contributed by atoms with Crippen molar-refractivity contribution in [2.75, 3.05) is 6.61 Å². The second-order valence-corrected chi connectivity index (χ2v) is 2.85. The molecule has 0 N–H and O–H groups in total. The zero-order valence-electron chi connectivity index (χ0n) is 4.79. The molecule has 0 aliphatic rings. The Morgan fingerprint density at radius 3 is 3.12 bits per heavy atom. The van der Waals surface area contributed by atoms with Crippen molar-refractivity contribution in [1.82, 2.24) is 0 Å². The third-order valence-electron chi connectivity index (χ3n) is 0.788. The highest BCUT2D eigenvalue weighted by Crippen LogP contribution is 2.21. The fourth-order valence-electron chi connectivity index (χ4n) is 0.500. The van der Waals surface area contributed by atoms with Crippen molar-refractivity contribution in [3.05, 3.63) is 23.7 Å². The van der Waals surface area contributed by atoms with Crippen molar-refractivity contribution in [2.24, 2.45) is 0 Å². The molecule has 0 bridgehead atoms. The van der Waals surface area contributed by atoms with E-state index in [1.54, 1.807) is 0 Å². The van der Waals surface area contributed by atoms with Crippen LogP contribution in [0.25, 0.3) is 0 Å². The molecule has 0 aromatic carbocycles. The van der Waals surface area contributed by atoms with Crippen molar-refractivity contribution in [1.29, 1.82) is 0 Å². The van der Waals surface area contributed by atoms with Gasteiger partial charge in [0.05, 0.1) is 6.61 Å². The first kappa shape index (κ1) is 5.87. The topological polar surface area (TPSA) is 9.23 Å². The van der Waals surface area contributed by atoms with E-state index in [4.69, 9.17) is 4.52 Å². The molecule has 0 amide bonds. The number of hydrogen-bond acceptors (Lipinski definition) is 1. The molecule has 2 heteroatoms. The summed E-state index contributed by atoms with van der Waals surface area (Å²) in [5.74, 6) is 5.10. The smallest absolute Gasteiger partial charge is 0.0541 e. The second kappa shape index (κ2) is 2.91. The highest BCUT2D eigenvalue weighted by atomic mass is 31.1. The molecule has 1 rings (SSSR count). The van der Waals surface area contributed by atoms with Gasteiger partial charge in [0.15, 0.2) is 0 Å². The van der Waals surface area contributed by atoms with Crippen molar-refractivity contribution in [3.63, 3.8) is 0 Å². The molecule has 0 fully saturated rings. The summed E-state index contributed by atoms with van der Waals surface area (Å²) < 4.78 is 5.24. The van der Waals surface area contributed by atoms with E-state index in [1.807, 2.05) is 24.9 Å². The lowest BCUT2D eigenvalue weighted by Gasteiger charge is -1.91. The molecule has 1 atom stereocenters. The van der Waals surface area contributed by atoms with Gasteiger partial charge < -0.3 is 4.52 Å². The van der Waals surface area contributed by atoms with Gasteiger partial charge in [-0.1, -0.05) is 6.07 Å². The Morgan fingerprint density at radius 1 is 1.75 bits per heavy atom. The van der Waals surface area contributed by atoms with Gasteiger partial charge in [0.25, 0.3) is 0 Å². The normalized spacial score (nSPS) is 9.62. The molecule has 1 aromatic heterocycles. The average Bonchev–Trinajstić information content (AvgIpc) is 2.19. The Balaban J connectivity index is 2.50. The first-order valence-electron chi connectivity index (χ1n) is 2.62. The predicted octanol–water partition coefficient (Wildman–Crippen LogP) is 1.92. The molecule has 0 saturated carbocycles. The molecule has 0 spiro atoms. The fraction of sp³-hybridized carbons (Fsp3) is 0.333. The largest absolute Gasteiger partial charge is 0.332 e. The molecule has 0 aliphatic carbocycles. The van der Waals surface area contributed by atoms with Gasteiger partial charge in [0.1, 0.15) is 0 Å². The summed E-state index contributed by atoms with van der Waals surface area (Å²) in [6, 6.07) is 3.88. The standard InChI is InChI=1S/C6H8OP/c1-2-7-8-5-3-4-6-8/h3-5H,2H2,1H3. The van der Waals surface area contributed by atoms with Crippen molar-refractivity contribution >= 4 is 7.76 Å². The Morgan fingerprint density at radius 2 is 2.62 bits per heavy atom. The summed E-state index contributed by atoms with van der Waals surface area (Å²) in [7, 11) is -0.431. The Kier molecular flexibility index (Phi) is 2.13. The minimum Gasteiger partial charge on any atom is -0.332 e. The molecule has 1 heterocycles. The minimum atomic E-state index is -0.431. The lowest BCUT2D eigenvalue weighted by atomic mass is 10.7. The van der Waals surface area contributed by atoms with Crippen LogP contribution in [0.2, 0.25) is 0 Å². The molecule has 43 valence electrons. The molecule has 0 aliphatic heterocycles. The second-order valence-electron chi connectivity index (χ2n) is 1.38. The molecule has 1 aromatic rings. The summed E-state index contributed by atoms with van der Waals surface area (Å²) in [6.07, 6.45) is 0. The zero-order valence-corrected chi connectivity index (χ0v) is 5.69. The van der Waals surface area contributed by atoms with Gasteiger partial charge in [0.2, 0.25) is 0 Å². The maximum atomic E-state index is 5.24. The van der Waals surface area contributed by atoms with Crippen LogP contribution in [0.15, 0.2) is 17.9 Å². The van der Waals surface area contributed by atoms with Gasteiger partial charge in [0, 0.05) is 13.6 Å². The van der Waals surface area contributed by atoms with Gasteiger partial charge in [-0.2, -0.15) is 0 Å². The van der Waals surface area contributed by atoms with Gasteiger partial charge in [-0.15, -0.1) is 0 Å². The van der Waals surface area contributed by atoms with Gasteiger partial charge in [-0.05, 0) is 18.8 Å². The molecular formula is C6H8OP. The van der Waals surface area contributed by atoms with E-state index in [0.29, 0.717) is 0 Å². The third-order valence-corrected chi connectivity index (χ3v) is 2.17. The molecule has 1 unspecified atom stereocenters. The van der Waals surface area contributed by atoms with Gasteiger partial charge in [-0.3, -0.25) is 0 Å². The van der Waals surface area contributed by atoms with Crippen LogP contribution in [0.1, 0.15) is 6.92 Å². The van der Waals surface area contributed by atoms with Crippen LogP contribution in [0.3, 0.4) is 0 Å². The third kappa shape index (κ3) is 1.36. The summed E-state index contributed by atoms with van der Waals surface area (Å²) in [5.41, 5.74) is 0. The van der Waals surface area contributed by atoms with Crippen LogP contribution in [0.4, 0.5) is 0 Å². The van der Waals surface area contributed by atoms with E-state index in [0.717, 1.165) is 6.61 Å². The highest BCUT2D eigenvalue weighted by molar-refractivity contribution is 7.43. The van der Waals surface area contributed by atoms with Gasteiger partial charge >= 0.3 is 0 Å². The van der Waals surface area contributed by atoms with Crippen molar-refractivity contribution < 1.29 is 4.52 Å². The van der Waals surface area contributed by atoms with E-state index in [-0.39, 0.29) is 0 Å². The minimum absolute atomic E-state index is 0.431. The predicted molar refractivity (Wildman–Crippen MR) is 35.1 cm³/mol. The number of hydrogen-bond donors (Lipinski definition) is 0. The van der Waals surface area contributed by atoms with Gasteiger partial charge in [-0.25, -0.2) is 0 Å². The van der Waals surface area contributed by atoms with Crippen LogP contribution in [0.5, 0.6) is 0 Å². The van der Waals surface area contributed by atoms with E-state index in [2.05, 4.69) is 5.80 Å². The average molecular weight is 127 g/mol. The van der Waals surface area contributed by atoms with E-state index < -0.39 is 7.76 Å². The van der Waals surface area contributed by atoms with E-state index >= 15 is 0 Å². The number of rotatable bonds is 2. The maximum absolute atomic E-state index is 5.24. The maximum Gasteiger partial charge on any atom is 0.0541 e. The SMILES string of the molecule is CCOp1[c]ccc1. The van der Waals surface area contributed by atoms with Crippen LogP contribution in [0, 0.1) is 5.80 Å². The first-order chi connectivity index (χ1) is 3.93. The Bertz CT molecular complexity index is 134. The van der Waals surface area contributed by atoms with Crippen LogP contribution in [-0.4, -0.2) is 6.61 Å².